The Morgan fingerprint density at radius 1 is 0.875 bits per heavy atom. The molecule has 5 heterocycles. The Morgan fingerprint density at radius 2 is 1.69 bits per heavy atom. The van der Waals surface area contributed by atoms with Crippen molar-refractivity contribution in [2.75, 3.05) is 31.2 Å². The number of fused-ring (bicyclic) bond motifs is 1. The van der Waals surface area contributed by atoms with Crippen LogP contribution in [0.2, 0.25) is 0 Å². The van der Waals surface area contributed by atoms with Gasteiger partial charge in [0.1, 0.15) is 5.82 Å². The van der Waals surface area contributed by atoms with Gasteiger partial charge in [0.05, 0.1) is 18.9 Å². The highest BCUT2D eigenvalue weighted by atomic mass is 16.5. The lowest BCUT2D eigenvalue weighted by molar-refractivity contribution is 0.122. The first-order chi connectivity index (χ1) is 15.9. The molecule has 0 radical (unpaired) electrons. The minimum Gasteiger partial charge on any atom is -0.378 e. The number of ether oxygens (including phenoxy) is 1. The summed E-state index contributed by atoms with van der Waals surface area (Å²) in [4.78, 5) is 21.7. The second-order valence-electron chi connectivity index (χ2n) is 8.83. The van der Waals surface area contributed by atoms with Crippen molar-refractivity contribution in [2.45, 2.75) is 37.6 Å². The normalized spacial score (nSPS) is 19.1. The summed E-state index contributed by atoms with van der Waals surface area (Å²) in [6.45, 7) is 2.97. The van der Waals surface area contributed by atoms with Crippen LogP contribution in [0.25, 0.3) is 28.5 Å². The number of hydrogen-bond acceptors (Lipinski definition) is 7. The molecule has 4 aromatic heterocycles. The molecule has 9 heteroatoms. The van der Waals surface area contributed by atoms with Crippen molar-refractivity contribution in [1.29, 1.82) is 0 Å². The van der Waals surface area contributed by atoms with E-state index in [0.29, 0.717) is 31.1 Å². The molecule has 0 spiro atoms. The van der Waals surface area contributed by atoms with E-state index in [1.807, 2.05) is 35.4 Å². The fourth-order valence-corrected chi connectivity index (χ4v) is 4.59. The topological polar surface area (TPSA) is 86.8 Å². The molecule has 0 unspecified atom stereocenters. The predicted octanol–water partition coefficient (Wildman–Crippen LogP) is 3.12. The third kappa shape index (κ3) is 2.99. The third-order valence-corrected chi connectivity index (χ3v) is 6.53. The Morgan fingerprint density at radius 3 is 2.44 bits per heavy atom. The summed E-state index contributed by atoms with van der Waals surface area (Å²) >= 11 is 0. The van der Waals surface area contributed by atoms with Crippen LogP contribution in [0.3, 0.4) is 0 Å². The second kappa shape index (κ2) is 7.09. The van der Waals surface area contributed by atoms with E-state index in [9.17, 15) is 0 Å². The van der Waals surface area contributed by atoms with E-state index < -0.39 is 0 Å². The maximum atomic E-state index is 5.61. The summed E-state index contributed by atoms with van der Waals surface area (Å²) in [6, 6.07) is 6.55. The highest BCUT2D eigenvalue weighted by Gasteiger charge is 2.33. The van der Waals surface area contributed by atoms with E-state index in [4.69, 9.17) is 19.7 Å². The summed E-state index contributed by atoms with van der Waals surface area (Å²) in [5, 5.41) is 4.61. The van der Waals surface area contributed by atoms with Gasteiger partial charge in [-0.15, -0.1) is 0 Å². The van der Waals surface area contributed by atoms with E-state index in [0.717, 1.165) is 54.3 Å². The Hall–Kier alpha value is -3.33. The largest absolute Gasteiger partial charge is 0.378 e. The van der Waals surface area contributed by atoms with Crippen LogP contribution in [0.1, 0.15) is 43.3 Å². The minimum absolute atomic E-state index is 0.420. The average Bonchev–Trinajstić information content (AvgIpc) is 3.79. The molecule has 0 N–H and O–H groups in total. The Kier molecular flexibility index (Phi) is 4.05. The maximum Gasteiger partial charge on any atom is 0.254 e. The van der Waals surface area contributed by atoms with E-state index >= 15 is 0 Å². The van der Waals surface area contributed by atoms with Gasteiger partial charge in [-0.05, 0) is 43.9 Å². The molecule has 9 nitrogen and oxygen atoms in total. The highest BCUT2D eigenvalue weighted by Crippen LogP contribution is 2.43. The number of anilines is 1. The molecule has 1 saturated heterocycles. The standard InChI is InChI=1S/C23H24N8O/c1-2-15(1)18-7-10-25-31(18)23-27-21(29-11-13-32-14-12-29)19-22(28-23)30(17-3-4-17)20(26-19)16-5-8-24-9-6-16/h5-10,15,17H,1-4,11-14H2. The monoisotopic (exact) mass is 428 g/mol. The first-order valence-electron chi connectivity index (χ1n) is 11.4. The number of aromatic nitrogens is 7. The molecule has 32 heavy (non-hydrogen) atoms. The lowest BCUT2D eigenvalue weighted by Gasteiger charge is -2.28. The molecule has 0 bridgehead atoms. The Balaban J connectivity index is 1.48. The summed E-state index contributed by atoms with van der Waals surface area (Å²) < 4.78 is 9.84. The molecule has 0 atom stereocenters. The van der Waals surface area contributed by atoms with Gasteiger partial charge in [-0.2, -0.15) is 15.1 Å². The SMILES string of the molecule is c1cc(-c2nc3c(N4CCOCC4)nc(-n4nccc4C4CC4)nc3n2C2CC2)ccn1. The number of pyridine rings is 1. The fraction of sp³-hybridized carbons (Fsp3) is 0.435. The zero-order valence-corrected chi connectivity index (χ0v) is 17.8. The molecular weight excluding hydrogens is 404 g/mol. The van der Waals surface area contributed by atoms with Crippen LogP contribution in [0.4, 0.5) is 5.82 Å². The van der Waals surface area contributed by atoms with Crippen LogP contribution in [0, 0.1) is 0 Å². The zero-order valence-electron chi connectivity index (χ0n) is 17.8. The molecule has 2 saturated carbocycles. The fourth-order valence-electron chi connectivity index (χ4n) is 4.59. The van der Waals surface area contributed by atoms with Crippen molar-refractivity contribution in [2.24, 2.45) is 0 Å². The van der Waals surface area contributed by atoms with Gasteiger partial charge in [-0.3, -0.25) is 4.98 Å². The van der Waals surface area contributed by atoms with Crippen molar-refractivity contribution in [1.82, 2.24) is 34.3 Å². The number of nitrogens with zero attached hydrogens (tertiary/aromatic N) is 8. The number of rotatable bonds is 5. The molecular formula is C23H24N8O. The van der Waals surface area contributed by atoms with E-state index in [1.54, 1.807) is 0 Å². The van der Waals surface area contributed by atoms with Gasteiger partial charge in [0.2, 0.25) is 0 Å². The molecule has 0 amide bonds. The van der Waals surface area contributed by atoms with E-state index in [-0.39, 0.29) is 0 Å². The van der Waals surface area contributed by atoms with Crippen LogP contribution >= 0.6 is 0 Å². The van der Waals surface area contributed by atoms with E-state index in [1.165, 1.54) is 18.5 Å². The van der Waals surface area contributed by atoms with Crippen LogP contribution in [-0.4, -0.2) is 60.6 Å². The lowest BCUT2D eigenvalue weighted by Crippen LogP contribution is -2.37. The molecule has 0 aromatic carbocycles. The summed E-state index contributed by atoms with van der Waals surface area (Å²) in [5.74, 6) is 3.01. The molecule has 2 aliphatic carbocycles. The molecule has 4 aromatic rings. The predicted molar refractivity (Wildman–Crippen MR) is 119 cm³/mol. The lowest BCUT2D eigenvalue weighted by atomic mass is 10.2. The number of hydrogen-bond donors (Lipinski definition) is 0. The highest BCUT2D eigenvalue weighted by molar-refractivity contribution is 5.88. The number of morpholine rings is 1. The van der Waals surface area contributed by atoms with Gasteiger partial charge < -0.3 is 14.2 Å². The zero-order chi connectivity index (χ0) is 21.1. The Labute approximate surface area is 185 Å². The second-order valence-corrected chi connectivity index (χ2v) is 8.83. The molecule has 162 valence electrons. The van der Waals surface area contributed by atoms with E-state index in [2.05, 4.69) is 25.6 Å². The minimum atomic E-state index is 0.420. The average molecular weight is 429 g/mol. The Bertz CT molecular complexity index is 1280. The third-order valence-electron chi connectivity index (χ3n) is 6.53. The molecule has 3 fully saturated rings. The quantitative estimate of drug-likeness (QED) is 0.483. The number of imidazole rings is 1. The van der Waals surface area contributed by atoms with Crippen LogP contribution in [-0.2, 0) is 4.74 Å². The van der Waals surface area contributed by atoms with Gasteiger partial charge in [0, 0.05) is 49.2 Å². The first-order valence-corrected chi connectivity index (χ1v) is 11.4. The van der Waals surface area contributed by atoms with Crippen molar-refractivity contribution in [3.8, 4) is 17.3 Å². The van der Waals surface area contributed by atoms with Crippen LogP contribution in [0.15, 0.2) is 36.8 Å². The summed E-state index contributed by atoms with van der Waals surface area (Å²) in [6.07, 6.45) is 10.2. The first kappa shape index (κ1) is 18.3. The maximum absolute atomic E-state index is 5.61. The van der Waals surface area contributed by atoms with Gasteiger partial charge in [0.25, 0.3) is 5.95 Å². The van der Waals surface area contributed by atoms with Crippen molar-refractivity contribution >= 4 is 17.0 Å². The van der Waals surface area contributed by atoms with Gasteiger partial charge >= 0.3 is 0 Å². The summed E-state index contributed by atoms with van der Waals surface area (Å²) in [7, 11) is 0. The van der Waals surface area contributed by atoms with Crippen molar-refractivity contribution in [3.05, 3.63) is 42.5 Å². The molecule has 7 rings (SSSR count). The van der Waals surface area contributed by atoms with Crippen molar-refractivity contribution in [3.63, 3.8) is 0 Å². The smallest absolute Gasteiger partial charge is 0.254 e. The molecule has 3 aliphatic rings. The van der Waals surface area contributed by atoms with Gasteiger partial charge in [-0.25, -0.2) is 9.67 Å². The van der Waals surface area contributed by atoms with Crippen LogP contribution in [0.5, 0.6) is 0 Å². The van der Waals surface area contributed by atoms with Crippen molar-refractivity contribution < 1.29 is 4.74 Å². The summed E-state index contributed by atoms with van der Waals surface area (Å²) in [5.41, 5.74) is 4.00. The van der Waals surface area contributed by atoms with Gasteiger partial charge in [-0.1, -0.05) is 0 Å². The molecule has 1 aliphatic heterocycles. The van der Waals surface area contributed by atoms with Crippen LogP contribution < -0.4 is 4.90 Å². The van der Waals surface area contributed by atoms with Gasteiger partial charge in [0.15, 0.2) is 17.0 Å².